The number of alkyl halides is 3. The van der Waals surface area contributed by atoms with Gasteiger partial charge < -0.3 is 10.6 Å². The molecule has 134 valence electrons. The van der Waals surface area contributed by atoms with E-state index in [1.165, 1.54) is 12.1 Å². The molecule has 0 bridgehead atoms. The van der Waals surface area contributed by atoms with E-state index in [4.69, 9.17) is 0 Å². The molecular formula is C18H21F3N4. The van der Waals surface area contributed by atoms with Crippen LogP contribution >= 0.6 is 0 Å². The van der Waals surface area contributed by atoms with Crippen LogP contribution in [0.5, 0.6) is 0 Å². The molecule has 0 aliphatic rings. The van der Waals surface area contributed by atoms with E-state index in [2.05, 4.69) is 20.6 Å². The smallest absolute Gasteiger partial charge is 0.357 e. The summed E-state index contributed by atoms with van der Waals surface area (Å²) in [6.07, 6.45) is -1.98. The van der Waals surface area contributed by atoms with Crippen LogP contribution in [0.25, 0.3) is 0 Å². The molecule has 1 heterocycles. The first-order valence-electron chi connectivity index (χ1n) is 8.07. The van der Waals surface area contributed by atoms with Crippen LogP contribution in [0.15, 0.2) is 53.7 Å². The largest absolute Gasteiger partial charge is 0.416 e. The van der Waals surface area contributed by atoms with E-state index in [0.717, 1.165) is 23.4 Å². The number of nitrogens with zero attached hydrogens (tertiary/aromatic N) is 2. The minimum Gasteiger partial charge on any atom is -0.357 e. The molecule has 0 amide bonds. The van der Waals surface area contributed by atoms with Gasteiger partial charge in [-0.3, -0.25) is 4.98 Å². The van der Waals surface area contributed by atoms with Crippen molar-refractivity contribution in [2.45, 2.75) is 26.1 Å². The van der Waals surface area contributed by atoms with Gasteiger partial charge in [0.1, 0.15) is 0 Å². The van der Waals surface area contributed by atoms with Crippen LogP contribution in [0.1, 0.15) is 23.7 Å². The molecule has 1 aromatic carbocycles. The quantitative estimate of drug-likeness (QED) is 0.620. The zero-order valence-corrected chi connectivity index (χ0v) is 14.0. The Kier molecular flexibility index (Phi) is 6.80. The molecule has 0 radical (unpaired) electrons. The third-order valence-corrected chi connectivity index (χ3v) is 3.46. The highest BCUT2D eigenvalue weighted by Crippen LogP contribution is 2.29. The van der Waals surface area contributed by atoms with Crippen molar-refractivity contribution in [2.24, 2.45) is 4.99 Å². The van der Waals surface area contributed by atoms with E-state index in [1.54, 1.807) is 6.20 Å². The van der Waals surface area contributed by atoms with Gasteiger partial charge in [-0.2, -0.15) is 13.2 Å². The van der Waals surface area contributed by atoms with Gasteiger partial charge in [-0.1, -0.05) is 18.2 Å². The molecule has 1 aromatic heterocycles. The second kappa shape index (κ2) is 9.05. The van der Waals surface area contributed by atoms with Gasteiger partial charge in [0, 0.05) is 19.3 Å². The van der Waals surface area contributed by atoms with Gasteiger partial charge in [0.2, 0.25) is 0 Å². The fourth-order valence-electron chi connectivity index (χ4n) is 2.18. The van der Waals surface area contributed by atoms with Crippen molar-refractivity contribution in [3.8, 4) is 0 Å². The van der Waals surface area contributed by atoms with Crippen LogP contribution in [-0.2, 0) is 19.1 Å². The summed E-state index contributed by atoms with van der Waals surface area (Å²) >= 11 is 0. The number of halogens is 3. The number of aliphatic imine (C=N–C) groups is 1. The fourth-order valence-corrected chi connectivity index (χ4v) is 2.18. The van der Waals surface area contributed by atoms with E-state index < -0.39 is 11.7 Å². The lowest BCUT2D eigenvalue weighted by Gasteiger charge is -2.12. The van der Waals surface area contributed by atoms with Gasteiger partial charge in [0.15, 0.2) is 5.96 Å². The molecule has 0 saturated heterocycles. The molecule has 0 aliphatic carbocycles. The second-order valence-electron chi connectivity index (χ2n) is 5.39. The summed E-state index contributed by atoms with van der Waals surface area (Å²) in [5.74, 6) is 0.653. The minimum atomic E-state index is -4.30. The zero-order chi connectivity index (χ0) is 18.1. The number of nitrogens with one attached hydrogen (secondary N) is 2. The molecule has 2 rings (SSSR count). The monoisotopic (exact) mass is 350 g/mol. The van der Waals surface area contributed by atoms with E-state index in [0.29, 0.717) is 32.0 Å². The van der Waals surface area contributed by atoms with Crippen LogP contribution in [-0.4, -0.2) is 24.0 Å². The zero-order valence-electron chi connectivity index (χ0n) is 14.0. The van der Waals surface area contributed by atoms with E-state index in [1.807, 2.05) is 25.1 Å². The third-order valence-electron chi connectivity index (χ3n) is 3.46. The standard InChI is InChI=1S/C18H21F3N4/c1-2-22-17(25-13-16-5-3-4-11-23-16)24-12-10-14-6-8-15(9-7-14)18(19,20)21/h3-9,11H,2,10,12-13H2,1H3,(H2,22,24,25). The molecule has 0 saturated carbocycles. The first-order valence-corrected chi connectivity index (χ1v) is 8.07. The Labute approximate surface area is 145 Å². The molecule has 0 spiro atoms. The van der Waals surface area contributed by atoms with Crippen molar-refractivity contribution in [2.75, 3.05) is 13.1 Å². The highest BCUT2D eigenvalue weighted by molar-refractivity contribution is 5.79. The molecule has 2 aromatic rings. The maximum atomic E-state index is 12.5. The van der Waals surface area contributed by atoms with Gasteiger partial charge in [-0.15, -0.1) is 0 Å². The number of aromatic nitrogens is 1. The lowest BCUT2D eigenvalue weighted by atomic mass is 10.1. The van der Waals surface area contributed by atoms with Crippen LogP contribution in [0, 0.1) is 0 Å². The number of guanidine groups is 1. The van der Waals surface area contributed by atoms with Gasteiger partial charge in [-0.05, 0) is 43.2 Å². The second-order valence-corrected chi connectivity index (χ2v) is 5.39. The lowest BCUT2D eigenvalue weighted by molar-refractivity contribution is -0.137. The maximum absolute atomic E-state index is 12.5. The Morgan fingerprint density at radius 2 is 1.84 bits per heavy atom. The minimum absolute atomic E-state index is 0.455. The lowest BCUT2D eigenvalue weighted by Crippen LogP contribution is -2.38. The molecule has 2 N–H and O–H groups in total. The number of hydrogen-bond donors (Lipinski definition) is 2. The molecule has 0 atom stereocenters. The first kappa shape index (κ1) is 18.8. The van der Waals surface area contributed by atoms with E-state index >= 15 is 0 Å². The third kappa shape index (κ3) is 6.45. The highest BCUT2D eigenvalue weighted by atomic mass is 19.4. The van der Waals surface area contributed by atoms with Crippen molar-refractivity contribution in [3.05, 3.63) is 65.5 Å². The predicted molar refractivity (Wildman–Crippen MR) is 92.2 cm³/mol. The van der Waals surface area contributed by atoms with Crippen molar-refractivity contribution >= 4 is 5.96 Å². The first-order chi connectivity index (χ1) is 12.0. The summed E-state index contributed by atoms with van der Waals surface area (Å²) in [4.78, 5) is 8.66. The molecule has 7 heteroatoms. The van der Waals surface area contributed by atoms with Crippen LogP contribution < -0.4 is 10.6 Å². The van der Waals surface area contributed by atoms with Crippen molar-refractivity contribution in [3.63, 3.8) is 0 Å². The summed E-state index contributed by atoms with van der Waals surface area (Å²) in [7, 11) is 0. The normalized spacial score (nSPS) is 12.1. The van der Waals surface area contributed by atoms with E-state index in [9.17, 15) is 13.2 Å². The average molecular weight is 350 g/mol. The summed E-state index contributed by atoms with van der Waals surface area (Å²) in [5.41, 5.74) is 1.07. The summed E-state index contributed by atoms with van der Waals surface area (Å²) in [6.45, 7) is 3.71. The Balaban J connectivity index is 1.86. The molecule has 4 nitrogen and oxygen atoms in total. The summed E-state index contributed by atoms with van der Waals surface area (Å²) in [5, 5.41) is 6.30. The van der Waals surface area contributed by atoms with Crippen LogP contribution in [0.4, 0.5) is 13.2 Å². The maximum Gasteiger partial charge on any atom is 0.416 e. The SMILES string of the molecule is CCNC(=NCc1ccccn1)NCCc1ccc(C(F)(F)F)cc1. The van der Waals surface area contributed by atoms with E-state index in [-0.39, 0.29) is 0 Å². The Hall–Kier alpha value is -2.57. The molecule has 0 fully saturated rings. The van der Waals surface area contributed by atoms with Gasteiger partial charge in [0.25, 0.3) is 0 Å². The molecule has 25 heavy (non-hydrogen) atoms. The van der Waals surface area contributed by atoms with Crippen molar-refractivity contribution in [1.29, 1.82) is 0 Å². The number of benzene rings is 1. The fraction of sp³-hybridized carbons (Fsp3) is 0.333. The van der Waals surface area contributed by atoms with Gasteiger partial charge in [0.05, 0.1) is 17.8 Å². The highest BCUT2D eigenvalue weighted by Gasteiger charge is 2.29. The molecular weight excluding hydrogens is 329 g/mol. The summed E-state index contributed by atoms with van der Waals surface area (Å²) < 4.78 is 37.6. The predicted octanol–water partition coefficient (Wildman–Crippen LogP) is 3.40. The molecule has 0 aliphatic heterocycles. The average Bonchev–Trinajstić information content (AvgIpc) is 2.60. The number of hydrogen-bond acceptors (Lipinski definition) is 2. The van der Waals surface area contributed by atoms with Gasteiger partial charge in [-0.25, -0.2) is 4.99 Å². The Morgan fingerprint density at radius 3 is 2.44 bits per heavy atom. The Morgan fingerprint density at radius 1 is 1.08 bits per heavy atom. The van der Waals surface area contributed by atoms with Crippen molar-refractivity contribution < 1.29 is 13.2 Å². The van der Waals surface area contributed by atoms with Crippen LogP contribution in [0.3, 0.4) is 0 Å². The summed E-state index contributed by atoms with van der Waals surface area (Å²) in [6, 6.07) is 10.9. The Bertz CT molecular complexity index is 667. The number of rotatable bonds is 6. The van der Waals surface area contributed by atoms with Gasteiger partial charge >= 0.3 is 6.18 Å². The van der Waals surface area contributed by atoms with Crippen LogP contribution in [0.2, 0.25) is 0 Å². The number of pyridine rings is 1. The van der Waals surface area contributed by atoms with Crippen molar-refractivity contribution in [1.82, 2.24) is 15.6 Å². The topological polar surface area (TPSA) is 49.3 Å². The molecule has 0 unspecified atom stereocenters.